The van der Waals surface area contributed by atoms with E-state index in [2.05, 4.69) is 54.4 Å². The molecule has 3 aromatic heterocycles. The first-order valence-corrected chi connectivity index (χ1v) is 20.9. The third kappa shape index (κ3) is 7.49. The number of benzene rings is 1. The Hall–Kier alpha value is -4.57. The zero-order valence-electron chi connectivity index (χ0n) is 31.8. The highest BCUT2D eigenvalue weighted by Gasteiger charge is 2.39. The minimum atomic E-state index is -1.97. The maximum atomic E-state index is 11.3. The highest BCUT2D eigenvalue weighted by Crippen LogP contribution is 2.41. The van der Waals surface area contributed by atoms with Gasteiger partial charge in [-0.15, -0.1) is 0 Å². The van der Waals surface area contributed by atoms with E-state index in [1.54, 1.807) is 27.7 Å². The summed E-state index contributed by atoms with van der Waals surface area (Å²) in [6.45, 7) is 14.9. The Kier molecular flexibility index (Phi) is 10.6. The number of anilines is 3. The van der Waals surface area contributed by atoms with Crippen LogP contribution in [0, 0.1) is 6.92 Å². The second-order valence-corrected chi connectivity index (χ2v) is 20.1. The molecule has 52 heavy (non-hydrogen) atoms. The lowest BCUT2D eigenvalue weighted by atomic mass is 9.91. The summed E-state index contributed by atoms with van der Waals surface area (Å²) >= 11 is 0. The molecule has 15 nitrogen and oxygen atoms in total. The molecule has 4 aromatic rings. The van der Waals surface area contributed by atoms with Gasteiger partial charge < -0.3 is 43.8 Å². The monoisotopic (exact) mass is 735 g/mol. The number of carbonyl (C=O) groups is 1. The van der Waals surface area contributed by atoms with Crippen LogP contribution < -0.4 is 29.7 Å². The number of methoxy groups -OCH3 is 3. The number of fused-ring (bicyclic) bond motifs is 1. The van der Waals surface area contributed by atoms with E-state index in [4.69, 9.17) is 33.7 Å². The Morgan fingerprint density at radius 1 is 1.02 bits per heavy atom. The van der Waals surface area contributed by atoms with Crippen molar-refractivity contribution in [1.29, 1.82) is 0 Å². The summed E-state index contributed by atoms with van der Waals surface area (Å²) < 4.78 is 27.3. The number of imidazole rings is 1. The molecule has 6 rings (SSSR count). The molecule has 0 unspecified atom stereocenters. The van der Waals surface area contributed by atoms with Crippen LogP contribution >= 0.6 is 0 Å². The van der Waals surface area contributed by atoms with Crippen molar-refractivity contribution in [2.45, 2.75) is 102 Å². The largest absolute Gasteiger partial charge is 0.493 e. The average molecular weight is 736 g/mol. The number of aryl methyl sites for hydroxylation is 1. The second-order valence-electron chi connectivity index (χ2n) is 15.3. The minimum absolute atomic E-state index is 0.0638. The van der Waals surface area contributed by atoms with Gasteiger partial charge in [-0.25, -0.2) is 14.5 Å². The molecule has 0 bridgehead atoms. The Morgan fingerprint density at radius 2 is 1.71 bits per heavy atom. The lowest BCUT2D eigenvalue weighted by Crippen LogP contribution is -2.45. The van der Waals surface area contributed by atoms with Crippen molar-refractivity contribution >= 4 is 43.0 Å². The van der Waals surface area contributed by atoms with E-state index >= 15 is 0 Å². The van der Waals surface area contributed by atoms with E-state index in [0.717, 1.165) is 73.3 Å². The van der Waals surface area contributed by atoms with Crippen molar-refractivity contribution in [1.82, 2.24) is 34.6 Å². The third-order valence-corrected chi connectivity index (χ3v) is 15.4. The van der Waals surface area contributed by atoms with Gasteiger partial charge in [-0.1, -0.05) is 20.8 Å². The summed E-state index contributed by atoms with van der Waals surface area (Å²) in [5.41, 5.74) is 2.39. The molecule has 3 N–H and O–H groups in total. The van der Waals surface area contributed by atoms with Gasteiger partial charge >= 0.3 is 6.09 Å². The lowest BCUT2D eigenvalue weighted by molar-refractivity contribution is 0.182. The van der Waals surface area contributed by atoms with Crippen LogP contribution in [0.25, 0.3) is 16.7 Å². The van der Waals surface area contributed by atoms with E-state index < -0.39 is 14.4 Å². The van der Waals surface area contributed by atoms with Crippen LogP contribution in [0.5, 0.6) is 17.2 Å². The SMILES string of the molecule is COc1cc(-n2cnc(Nc3nc(N4CCC[C@H]4CO[Si](C)(C)C(C)(C)C)c4c(C)nn(C5CCC(NC(=O)O)CC5)c4n3)c2)cc(OC)c1OC. The van der Waals surface area contributed by atoms with Gasteiger partial charge in [0.05, 0.1) is 63.0 Å². The van der Waals surface area contributed by atoms with Crippen LogP contribution in [0.4, 0.5) is 22.4 Å². The number of nitrogens with one attached hydrogen (secondary N) is 2. The van der Waals surface area contributed by atoms with Crippen LogP contribution in [-0.2, 0) is 4.43 Å². The zero-order valence-corrected chi connectivity index (χ0v) is 32.8. The number of amides is 1. The van der Waals surface area contributed by atoms with Crippen LogP contribution in [0.2, 0.25) is 18.1 Å². The van der Waals surface area contributed by atoms with Gasteiger partial charge in [0.1, 0.15) is 12.1 Å². The third-order valence-electron chi connectivity index (χ3n) is 10.9. The molecule has 2 fully saturated rings. The summed E-state index contributed by atoms with van der Waals surface area (Å²) in [5, 5.41) is 21.4. The first-order chi connectivity index (χ1) is 24.7. The predicted octanol–water partition coefficient (Wildman–Crippen LogP) is 6.83. The first-order valence-electron chi connectivity index (χ1n) is 18.0. The van der Waals surface area contributed by atoms with Gasteiger partial charge in [0.25, 0.3) is 0 Å². The van der Waals surface area contributed by atoms with Crippen molar-refractivity contribution in [3.8, 4) is 22.9 Å². The molecule has 4 heterocycles. The first kappa shape index (κ1) is 37.2. The molecule has 1 amide bonds. The predicted molar refractivity (Wildman–Crippen MR) is 203 cm³/mol. The van der Waals surface area contributed by atoms with Crippen LogP contribution in [-0.4, -0.2) is 95.4 Å². The van der Waals surface area contributed by atoms with Gasteiger partial charge in [0.15, 0.2) is 31.3 Å². The molecule has 16 heteroatoms. The van der Waals surface area contributed by atoms with E-state index in [0.29, 0.717) is 35.6 Å². The molecular weight excluding hydrogens is 683 g/mol. The number of carboxylic acid groups (broad SMARTS) is 1. The molecule has 1 aliphatic heterocycles. The fourth-order valence-electron chi connectivity index (χ4n) is 7.01. The number of nitrogens with zero attached hydrogens (tertiary/aromatic N) is 7. The van der Waals surface area contributed by atoms with Crippen molar-refractivity contribution in [3.63, 3.8) is 0 Å². The number of rotatable bonds is 12. The quantitative estimate of drug-likeness (QED) is 0.130. The van der Waals surface area contributed by atoms with Crippen molar-refractivity contribution < 1.29 is 28.5 Å². The number of ether oxygens (including phenoxy) is 3. The fraction of sp³-hybridized carbons (Fsp3) is 0.583. The van der Waals surface area contributed by atoms with Crippen molar-refractivity contribution in [2.24, 2.45) is 0 Å². The molecule has 1 atom stereocenters. The van der Waals surface area contributed by atoms with Gasteiger partial charge in [-0.2, -0.15) is 15.1 Å². The van der Waals surface area contributed by atoms with Gasteiger partial charge in [-0.05, 0) is 63.6 Å². The van der Waals surface area contributed by atoms with E-state index in [9.17, 15) is 9.90 Å². The maximum absolute atomic E-state index is 11.3. The molecular formula is C36H53N9O6Si. The molecule has 1 aliphatic carbocycles. The number of hydrogen-bond donors (Lipinski definition) is 3. The van der Waals surface area contributed by atoms with Gasteiger partial charge in [0.2, 0.25) is 11.7 Å². The van der Waals surface area contributed by atoms with Crippen molar-refractivity contribution in [3.05, 3.63) is 30.4 Å². The highest BCUT2D eigenvalue weighted by atomic mass is 28.4. The number of aromatic nitrogens is 6. The van der Waals surface area contributed by atoms with Crippen molar-refractivity contribution in [2.75, 3.05) is 44.7 Å². The molecule has 1 saturated heterocycles. The van der Waals surface area contributed by atoms with Gasteiger partial charge in [0, 0.05) is 24.7 Å². The van der Waals surface area contributed by atoms with Gasteiger partial charge in [-0.3, -0.25) is 0 Å². The fourth-order valence-corrected chi connectivity index (χ4v) is 8.05. The summed E-state index contributed by atoms with van der Waals surface area (Å²) in [7, 11) is 2.78. The second kappa shape index (κ2) is 14.8. The average Bonchev–Trinajstić information content (AvgIpc) is 3.85. The standard InChI is InChI=1S/C36H53N9O6Si/c1-22-30-32(44-16-10-11-25(44)20-51-52(8,9)36(2,3)4)40-34(41-33(30)45(42-22)24-14-12-23(13-15-24)38-35(46)47)39-29-19-43(21-37-29)26-17-27(48-5)31(50-7)28(18-26)49-6/h17-19,21,23-25,38H,10-16,20H2,1-9H3,(H,46,47)(H,39,40,41)/t23?,24?,25-/m0/s1. The normalized spacial score (nSPS) is 19.6. The summed E-state index contributed by atoms with van der Waals surface area (Å²) in [6, 6.07) is 3.89. The Labute approximate surface area is 306 Å². The van der Waals surface area contributed by atoms with Crippen LogP contribution in [0.3, 0.4) is 0 Å². The Bertz CT molecular complexity index is 1870. The summed E-state index contributed by atoms with van der Waals surface area (Å²) in [6.07, 6.45) is 7.67. The smallest absolute Gasteiger partial charge is 0.404 e. The molecule has 2 aliphatic rings. The molecule has 0 spiro atoms. The number of hydrogen-bond acceptors (Lipinski definition) is 11. The van der Waals surface area contributed by atoms with Crippen LogP contribution in [0.15, 0.2) is 24.7 Å². The van der Waals surface area contributed by atoms with E-state index in [1.165, 1.54) is 0 Å². The lowest BCUT2D eigenvalue weighted by Gasteiger charge is -2.38. The summed E-state index contributed by atoms with van der Waals surface area (Å²) in [4.78, 5) is 28.6. The van der Waals surface area contributed by atoms with E-state index in [1.807, 2.05) is 34.5 Å². The maximum Gasteiger partial charge on any atom is 0.404 e. The van der Waals surface area contributed by atoms with E-state index in [-0.39, 0.29) is 23.2 Å². The molecule has 1 saturated carbocycles. The Balaban J connectivity index is 1.36. The minimum Gasteiger partial charge on any atom is -0.493 e. The topological polar surface area (TPSA) is 163 Å². The molecule has 282 valence electrons. The zero-order chi connectivity index (χ0) is 37.4. The Morgan fingerprint density at radius 3 is 2.33 bits per heavy atom. The molecule has 0 radical (unpaired) electrons. The molecule has 1 aromatic carbocycles. The highest BCUT2D eigenvalue weighted by molar-refractivity contribution is 6.74. The summed E-state index contributed by atoms with van der Waals surface area (Å²) in [5.74, 6) is 3.38. The van der Waals surface area contributed by atoms with Crippen LogP contribution in [0.1, 0.15) is 71.0 Å².